The Morgan fingerprint density at radius 1 is 0.868 bits per heavy atom. The zero-order valence-corrected chi connectivity index (χ0v) is 22.3. The van der Waals surface area contributed by atoms with Gasteiger partial charge in [0.15, 0.2) is 0 Å². The lowest BCUT2D eigenvalue weighted by Gasteiger charge is -2.53. The molecule has 6 rings (SSSR count). The van der Waals surface area contributed by atoms with Crippen molar-refractivity contribution in [2.24, 2.45) is 5.14 Å². The first-order chi connectivity index (χ1) is 17.8. The summed E-state index contributed by atoms with van der Waals surface area (Å²) in [5.74, 6) is -1.84. The number of rotatable bonds is 6. The van der Waals surface area contributed by atoms with Gasteiger partial charge in [-0.05, 0) is 68.2 Å². The highest BCUT2D eigenvalue weighted by molar-refractivity contribution is 7.89. The van der Waals surface area contributed by atoms with E-state index in [-0.39, 0.29) is 29.6 Å². The first kappa shape index (κ1) is 26.0. The summed E-state index contributed by atoms with van der Waals surface area (Å²) in [5, 5.41) is 5.34. The molecule has 3 N–H and O–H groups in total. The summed E-state index contributed by atoms with van der Waals surface area (Å²) in [6.07, 6.45) is 4.32. The number of nitrogens with one attached hydrogen (secondary N) is 1. The van der Waals surface area contributed by atoms with E-state index in [0.717, 1.165) is 19.3 Å². The van der Waals surface area contributed by atoms with Gasteiger partial charge in [0.25, 0.3) is 0 Å². The van der Waals surface area contributed by atoms with Crippen molar-refractivity contribution in [3.63, 3.8) is 0 Å². The molecule has 0 amide bonds. The van der Waals surface area contributed by atoms with Crippen LogP contribution in [0.25, 0.3) is 0 Å². The van der Waals surface area contributed by atoms with E-state index < -0.39 is 54.8 Å². The summed E-state index contributed by atoms with van der Waals surface area (Å²) in [5.41, 5.74) is -0.254. The Hall–Kier alpha value is -2.28. The average molecular weight is 569 g/mol. The third-order valence-corrected chi connectivity index (χ3v) is 11.0. The number of benzene rings is 2. The third kappa shape index (κ3) is 4.80. The summed E-state index contributed by atoms with van der Waals surface area (Å²) in [4.78, 5) is 0. The average Bonchev–Trinajstić information content (AvgIpc) is 2.79. The van der Waals surface area contributed by atoms with Crippen LogP contribution in [0.15, 0.2) is 36.4 Å². The van der Waals surface area contributed by atoms with Crippen LogP contribution in [-0.2, 0) is 20.0 Å². The molecule has 2 fully saturated rings. The quantitative estimate of drug-likeness (QED) is 0.550. The molecule has 206 valence electrons. The smallest absolute Gasteiger partial charge is 0.212 e. The highest BCUT2D eigenvalue weighted by Crippen LogP contribution is 2.52. The Kier molecular flexibility index (Phi) is 6.06. The summed E-state index contributed by atoms with van der Waals surface area (Å²) < 4.78 is 93.9. The monoisotopic (exact) mass is 568 g/mol. The molecule has 12 heteroatoms. The fourth-order valence-electron chi connectivity index (χ4n) is 6.62. The molecule has 2 aliphatic carbocycles. The summed E-state index contributed by atoms with van der Waals surface area (Å²) in [7, 11) is -7.69. The van der Waals surface area contributed by atoms with E-state index in [1.54, 1.807) is 6.07 Å². The predicted molar refractivity (Wildman–Crippen MR) is 136 cm³/mol. The predicted octanol–water partition coefficient (Wildman–Crippen LogP) is 3.43. The molecule has 2 spiro atoms. The fraction of sp³-hybridized carbons (Fsp3) is 0.538. The number of sulfonamides is 2. The molecule has 2 aromatic rings. The Morgan fingerprint density at radius 2 is 1.47 bits per heavy atom. The fourth-order valence-corrected chi connectivity index (χ4v) is 9.17. The number of hydrogen-bond acceptors (Lipinski definition) is 6. The van der Waals surface area contributed by atoms with Gasteiger partial charge in [0.05, 0.1) is 17.5 Å². The second-order valence-electron chi connectivity index (χ2n) is 11.3. The topological polar surface area (TPSA) is 125 Å². The van der Waals surface area contributed by atoms with Gasteiger partial charge in [-0.15, -0.1) is 0 Å². The zero-order valence-electron chi connectivity index (χ0n) is 20.7. The van der Waals surface area contributed by atoms with Crippen molar-refractivity contribution in [2.75, 3.05) is 11.5 Å². The number of ether oxygens (including phenoxy) is 2. The molecule has 0 saturated heterocycles. The molecular weight excluding hydrogens is 538 g/mol. The standard InChI is InChI=1S/C26H30F2N2O6S2/c27-18-2-4-20-16(12-25(7-1-8-25)35-22(20)10-18)15-38(33,34)30-24-6-9-26(24)13-17(14-37(29,31)32)21-5-3-19(28)11-23(21)36-26/h2-5,10-11,16-17,24,30H,1,6-9,12-15H2,(H2,29,31,32)/t16-,17+,24?,26?/m0/s1. The van der Waals surface area contributed by atoms with Gasteiger partial charge in [-0.1, -0.05) is 12.1 Å². The van der Waals surface area contributed by atoms with Crippen molar-refractivity contribution in [1.29, 1.82) is 0 Å². The third-order valence-electron chi connectivity index (χ3n) is 8.61. The van der Waals surface area contributed by atoms with E-state index in [2.05, 4.69) is 4.72 Å². The number of hydrogen-bond donors (Lipinski definition) is 2. The van der Waals surface area contributed by atoms with E-state index in [9.17, 15) is 25.6 Å². The van der Waals surface area contributed by atoms with Crippen LogP contribution in [0.1, 0.15) is 67.9 Å². The van der Waals surface area contributed by atoms with Crippen LogP contribution in [0.4, 0.5) is 8.78 Å². The van der Waals surface area contributed by atoms with Gasteiger partial charge in [-0.2, -0.15) is 0 Å². The highest BCUT2D eigenvalue weighted by atomic mass is 32.2. The lowest BCUT2D eigenvalue weighted by atomic mass is 9.68. The van der Waals surface area contributed by atoms with Crippen molar-refractivity contribution < 1.29 is 35.1 Å². The van der Waals surface area contributed by atoms with Crippen molar-refractivity contribution >= 4 is 20.0 Å². The molecule has 4 atom stereocenters. The highest BCUT2D eigenvalue weighted by Gasteiger charge is 2.55. The second kappa shape index (κ2) is 8.87. The van der Waals surface area contributed by atoms with Gasteiger partial charge in [0.1, 0.15) is 34.3 Å². The van der Waals surface area contributed by atoms with Crippen LogP contribution >= 0.6 is 0 Å². The van der Waals surface area contributed by atoms with Gasteiger partial charge in [0.2, 0.25) is 20.0 Å². The van der Waals surface area contributed by atoms with E-state index in [1.165, 1.54) is 30.3 Å². The molecule has 0 bridgehead atoms. The van der Waals surface area contributed by atoms with E-state index in [0.29, 0.717) is 36.1 Å². The van der Waals surface area contributed by atoms with Crippen LogP contribution in [-0.4, -0.2) is 45.6 Å². The molecule has 2 aliphatic heterocycles. The van der Waals surface area contributed by atoms with Gasteiger partial charge < -0.3 is 9.47 Å². The molecule has 2 aromatic carbocycles. The van der Waals surface area contributed by atoms with Crippen LogP contribution in [0.2, 0.25) is 0 Å². The molecule has 0 aromatic heterocycles. The molecular formula is C26H30F2N2O6S2. The molecule has 4 aliphatic rings. The first-order valence-corrected chi connectivity index (χ1v) is 16.2. The first-order valence-electron chi connectivity index (χ1n) is 12.8. The minimum atomic E-state index is -3.85. The molecule has 0 radical (unpaired) electrons. The maximum atomic E-state index is 14.0. The number of primary sulfonamides is 1. The SMILES string of the molecule is NS(=O)(=O)C[C@H]1CC2(CCC2NS(=O)(=O)C[C@@H]2CC3(CCC3)Oc3cc(F)ccc32)Oc2cc(F)ccc21. The Morgan fingerprint density at radius 3 is 2.00 bits per heavy atom. The maximum absolute atomic E-state index is 14.0. The van der Waals surface area contributed by atoms with Crippen molar-refractivity contribution in [3.05, 3.63) is 59.2 Å². The molecule has 2 heterocycles. The zero-order chi connectivity index (χ0) is 26.9. The van der Waals surface area contributed by atoms with E-state index in [4.69, 9.17) is 14.6 Å². The maximum Gasteiger partial charge on any atom is 0.212 e. The minimum Gasteiger partial charge on any atom is -0.487 e. The van der Waals surface area contributed by atoms with Crippen LogP contribution in [0.5, 0.6) is 11.5 Å². The molecule has 38 heavy (non-hydrogen) atoms. The van der Waals surface area contributed by atoms with Crippen molar-refractivity contribution in [2.45, 2.75) is 74.0 Å². The van der Waals surface area contributed by atoms with Gasteiger partial charge in [-0.3, -0.25) is 0 Å². The van der Waals surface area contributed by atoms with Gasteiger partial charge in [0, 0.05) is 24.0 Å². The second-order valence-corrected chi connectivity index (χ2v) is 14.7. The summed E-state index contributed by atoms with van der Waals surface area (Å²) in [6.45, 7) is 0. The van der Waals surface area contributed by atoms with Crippen molar-refractivity contribution in [1.82, 2.24) is 4.72 Å². The Balaban J connectivity index is 1.24. The van der Waals surface area contributed by atoms with Gasteiger partial charge >= 0.3 is 0 Å². The number of fused-ring (bicyclic) bond motifs is 2. The Bertz CT molecular complexity index is 1500. The number of halogens is 2. The molecule has 8 nitrogen and oxygen atoms in total. The summed E-state index contributed by atoms with van der Waals surface area (Å²) in [6, 6.07) is 7.54. The lowest BCUT2D eigenvalue weighted by Crippen LogP contribution is -2.65. The molecule has 2 saturated carbocycles. The minimum absolute atomic E-state index is 0.199. The van der Waals surface area contributed by atoms with Crippen LogP contribution in [0.3, 0.4) is 0 Å². The largest absolute Gasteiger partial charge is 0.487 e. The Labute approximate surface area is 221 Å². The van der Waals surface area contributed by atoms with Crippen molar-refractivity contribution in [3.8, 4) is 11.5 Å². The van der Waals surface area contributed by atoms with Gasteiger partial charge in [-0.25, -0.2) is 35.5 Å². The van der Waals surface area contributed by atoms with Crippen LogP contribution < -0.4 is 19.3 Å². The van der Waals surface area contributed by atoms with E-state index in [1.807, 2.05) is 0 Å². The lowest BCUT2D eigenvalue weighted by molar-refractivity contribution is -0.0580. The summed E-state index contributed by atoms with van der Waals surface area (Å²) >= 11 is 0. The number of nitrogens with two attached hydrogens (primary N) is 1. The molecule has 2 unspecified atom stereocenters. The van der Waals surface area contributed by atoms with E-state index >= 15 is 0 Å². The normalized spacial score (nSPS) is 29.4. The van der Waals surface area contributed by atoms with Crippen LogP contribution in [0, 0.1) is 11.6 Å².